The molecule has 1 rings (SSSR count). The van der Waals surface area contributed by atoms with Crippen LogP contribution in [0.25, 0.3) is 0 Å². The van der Waals surface area contributed by atoms with Gasteiger partial charge in [0.2, 0.25) is 5.91 Å². The molecule has 0 aliphatic carbocycles. The van der Waals surface area contributed by atoms with E-state index in [2.05, 4.69) is 6.92 Å². The van der Waals surface area contributed by atoms with E-state index in [4.69, 9.17) is 0 Å². The average Bonchev–Trinajstić information content (AvgIpc) is 2.85. The standard InChI is InChI=1S/C14H24F3NO2/c1-2-3-4-5-6-7-12(19)18-9-8-11(10-18)13(20)14(15,16)17/h11,13,20H,2-10H2,1H3/t11-,13+/m0/s1. The Labute approximate surface area is 118 Å². The van der Waals surface area contributed by atoms with Crippen molar-refractivity contribution >= 4 is 5.91 Å². The highest BCUT2D eigenvalue weighted by Crippen LogP contribution is 2.31. The second-order valence-corrected chi connectivity index (χ2v) is 5.54. The molecule has 20 heavy (non-hydrogen) atoms. The van der Waals surface area contributed by atoms with Gasteiger partial charge in [-0.25, -0.2) is 0 Å². The van der Waals surface area contributed by atoms with E-state index in [1.165, 1.54) is 4.90 Å². The van der Waals surface area contributed by atoms with Gasteiger partial charge in [-0.1, -0.05) is 32.6 Å². The first kappa shape index (κ1) is 17.3. The third-order valence-electron chi connectivity index (χ3n) is 3.85. The number of hydrogen-bond donors (Lipinski definition) is 1. The highest BCUT2D eigenvalue weighted by Gasteiger charge is 2.46. The van der Waals surface area contributed by atoms with Crippen LogP contribution in [0.3, 0.4) is 0 Å². The van der Waals surface area contributed by atoms with Gasteiger partial charge in [0.05, 0.1) is 0 Å². The molecule has 1 aliphatic heterocycles. The lowest BCUT2D eigenvalue weighted by Crippen LogP contribution is -2.38. The van der Waals surface area contributed by atoms with E-state index in [1.807, 2.05) is 0 Å². The van der Waals surface area contributed by atoms with Crippen LogP contribution >= 0.6 is 0 Å². The van der Waals surface area contributed by atoms with Crippen molar-refractivity contribution in [2.24, 2.45) is 5.92 Å². The number of likely N-dealkylation sites (tertiary alicyclic amines) is 1. The van der Waals surface area contributed by atoms with E-state index in [-0.39, 0.29) is 18.9 Å². The molecule has 118 valence electrons. The molecule has 0 spiro atoms. The fourth-order valence-electron chi connectivity index (χ4n) is 2.58. The van der Waals surface area contributed by atoms with Crippen LogP contribution in [0.4, 0.5) is 13.2 Å². The summed E-state index contributed by atoms with van der Waals surface area (Å²) in [6, 6.07) is 0. The van der Waals surface area contributed by atoms with Gasteiger partial charge in [0.25, 0.3) is 0 Å². The summed E-state index contributed by atoms with van der Waals surface area (Å²) in [5.41, 5.74) is 0. The first-order valence-electron chi connectivity index (χ1n) is 7.38. The molecule has 1 N–H and O–H groups in total. The Morgan fingerprint density at radius 2 is 1.95 bits per heavy atom. The fraction of sp³-hybridized carbons (Fsp3) is 0.929. The van der Waals surface area contributed by atoms with Gasteiger partial charge in [-0.2, -0.15) is 13.2 Å². The summed E-state index contributed by atoms with van der Waals surface area (Å²) in [5.74, 6) is -0.961. The maximum absolute atomic E-state index is 12.4. The molecule has 0 aromatic carbocycles. The molecule has 6 heteroatoms. The first-order valence-corrected chi connectivity index (χ1v) is 7.38. The quantitative estimate of drug-likeness (QED) is 0.733. The Morgan fingerprint density at radius 1 is 1.30 bits per heavy atom. The molecule has 1 amide bonds. The number of aliphatic hydroxyl groups is 1. The van der Waals surface area contributed by atoms with Crippen LogP contribution in [0.5, 0.6) is 0 Å². The smallest absolute Gasteiger partial charge is 0.383 e. The number of aliphatic hydroxyl groups excluding tert-OH is 1. The number of hydrogen-bond acceptors (Lipinski definition) is 2. The van der Waals surface area contributed by atoms with Gasteiger partial charge >= 0.3 is 6.18 Å². The van der Waals surface area contributed by atoms with Crippen LogP contribution < -0.4 is 0 Å². The molecule has 1 aliphatic rings. The Morgan fingerprint density at radius 3 is 2.55 bits per heavy atom. The van der Waals surface area contributed by atoms with Gasteiger partial charge < -0.3 is 10.0 Å². The molecule has 1 fully saturated rings. The Bertz CT molecular complexity index is 307. The summed E-state index contributed by atoms with van der Waals surface area (Å²) in [6.07, 6.45) is -1.12. The van der Waals surface area contributed by atoms with Gasteiger partial charge in [0, 0.05) is 25.4 Å². The van der Waals surface area contributed by atoms with Gasteiger partial charge in [0.1, 0.15) is 0 Å². The molecule has 0 aromatic heterocycles. The second-order valence-electron chi connectivity index (χ2n) is 5.54. The van der Waals surface area contributed by atoms with Gasteiger partial charge in [0.15, 0.2) is 6.10 Å². The molecule has 0 radical (unpaired) electrons. The highest BCUT2D eigenvalue weighted by atomic mass is 19.4. The summed E-state index contributed by atoms with van der Waals surface area (Å²) < 4.78 is 37.2. The van der Waals surface area contributed by atoms with Crippen LogP contribution in [0.1, 0.15) is 51.9 Å². The lowest BCUT2D eigenvalue weighted by atomic mass is 10.0. The monoisotopic (exact) mass is 295 g/mol. The molecule has 1 heterocycles. The number of nitrogens with zero attached hydrogens (tertiary/aromatic N) is 1. The minimum absolute atomic E-state index is 0.0223. The predicted molar refractivity (Wildman–Crippen MR) is 70.1 cm³/mol. The lowest BCUT2D eigenvalue weighted by molar-refractivity contribution is -0.218. The highest BCUT2D eigenvalue weighted by molar-refractivity contribution is 5.76. The van der Waals surface area contributed by atoms with Crippen molar-refractivity contribution in [2.45, 2.75) is 64.1 Å². The molecule has 3 nitrogen and oxygen atoms in total. The molecule has 0 saturated carbocycles. The molecule has 0 aromatic rings. The Balaban J connectivity index is 2.27. The normalized spacial score (nSPS) is 21.2. The van der Waals surface area contributed by atoms with Crippen molar-refractivity contribution in [2.75, 3.05) is 13.1 Å². The molecule has 1 saturated heterocycles. The van der Waals surface area contributed by atoms with E-state index in [0.29, 0.717) is 13.0 Å². The summed E-state index contributed by atoms with van der Waals surface area (Å²) >= 11 is 0. The van der Waals surface area contributed by atoms with E-state index in [0.717, 1.165) is 32.1 Å². The van der Waals surface area contributed by atoms with Crippen molar-refractivity contribution in [3.8, 4) is 0 Å². The van der Waals surface area contributed by atoms with Crippen LogP contribution in [0, 0.1) is 5.92 Å². The topological polar surface area (TPSA) is 40.5 Å². The van der Waals surface area contributed by atoms with Crippen molar-refractivity contribution in [3.63, 3.8) is 0 Å². The predicted octanol–water partition coefficient (Wildman–Crippen LogP) is 3.12. The fourth-order valence-corrected chi connectivity index (χ4v) is 2.58. The zero-order valence-electron chi connectivity index (χ0n) is 12.0. The van der Waals surface area contributed by atoms with Crippen molar-refractivity contribution in [1.82, 2.24) is 4.90 Å². The lowest BCUT2D eigenvalue weighted by Gasteiger charge is -2.21. The van der Waals surface area contributed by atoms with Crippen LogP contribution in [-0.4, -0.2) is 41.3 Å². The number of alkyl halides is 3. The first-order chi connectivity index (χ1) is 9.36. The van der Waals surface area contributed by atoms with Gasteiger partial charge in [-0.05, 0) is 12.8 Å². The molecule has 2 atom stereocenters. The maximum atomic E-state index is 12.4. The number of amides is 1. The number of unbranched alkanes of at least 4 members (excludes halogenated alkanes) is 4. The number of carbonyl (C=O) groups is 1. The van der Waals surface area contributed by atoms with Crippen LogP contribution in [0.2, 0.25) is 0 Å². The van der Waals surface area contributed by atoms with E-state index >= 15 is 0 Å². The van der Waals surface area contributed by atoms with Crippen molar-refractivity contribution in [3.05, 3.63) is 0 Å². The number of carbonyl (C=O) groups excluding carboxylic acids is 1. The SMILES string of the molecule is CCCCCCCC(=O)N1CC[C@H]([C@@H](O)C(F)(F)F)C1. The largest absolute Gasteiger partial charge is 0.414 e. The average molecular weight is 295 g/mol. The minimum atomic E-state index is -4.59. The molecule has 0 unspecified atom stereocenters. The summed E-state index contributed by atoms with van der Waals surface area (Å²) in [5, 5.41) is 9.20. The summed E-state index contributed by atoms with van der Waals surface area (Å²) in [7, 11) is 0. The van der Waals surface area contributed by atoms with E-state index in [9.17, 15) is 23.1 Å². The zero-order chi connectivity index (χ0) is 15.2. The minimum Gasteiger partial charge on any atom is -0.383 e. The molecule has 0 bridgehead atoms. The van der Waals surface area contributed by atoms with Gasteiger partial charge in [-0.3, -0.25) is 4.79 Å². The van der Waals surface area contributed by atoms with Crippen molar-refractivity contribution in [1.29, 1.82) is 0 Å². The van der Waals surface area contributed by atoms with Crippen molar-refractivity contribution < 1.29 is 23.1 Å². The summed E-state index contributed by atoms with van der Waals surface area (Å²) in [4.78, 5) is 13.3. The third-order valence-corrected chi connectivity index (χ3v) is 3.85. The maximum Gasteiger partial charge on any atom is 0.414 e. The third kappa shape index (κ3) is 5.31. The molecular weight excluding hydrogens is 271 g/mol. The number of rotatable bonds is 7. The summed E-state index contributed by atoms with van der Waals surface area (Å²) in [6.45, 7) is 2.46. The Hall–Kier alpha value is -0.780. The van der Waals surface area contributed by atoms with E-state index < -0.39 is 18.2 Å². The Kier molecular flexibility index (Phi) is 6.79. The number of halogens is 3. The second kappa shape index (κ2) is 7.86. The van der Waals surface area contributed by atoms with Crippen LogP contribution in [0.15, 0.2) is 0 Å². The van der Waals surface area contributed by atoms with E-state index in [1.54, 1.807) is 0 Å². The van der Waals surface area contributed by atoms with Gasteiger partial charge in [-0.15, -0.1) is 0 Å². The zero-order valence-corrected chi connectivity index (χ0v) is 12.0. The van der Waals surface area contributed by atoms with Crippen LogP contribution in [-0.2, 0) is 4.79 Å². The molecular formula is C14H24F3NO2.